The molecule has 16 heavy (non-hydrogen) atoms. The minimum absolute atomic E-state index is 0.797. The van der Waals surface area contributed by atoms with Crippen LogP contribution < -0.4 is 0 Å². The van der Waals surface area contributed by atoms with Gasteiger partial charge in [-0.05, 0) is 35.8 Å². The monoisotopic (exact) mass is 213 g/mol. The molecule has 0 saturated carbocycles. The Morgan fingerprint density at radius 3 is 3.12 bits per heavy atom. The van der Waals surface area contributed by atoms with Gasteiger partial charge in [0.1, 0.15) is 0 Å². The van der Waals surface area contributed by atoms with Gasteiger partial charge in [-0.3, -0.25) is 0 Å². The Kier molecular flexibility index (Phi) is 2.47. The molecule has 1 atom stereocenters. The molecular formula is C15H19N. The van der Waals surface area contributed by atoms with E-state index in [1.54, 1.807) is 5.56 Å². The fraction of sp³-hybridized carbons (Fsp3) is 0.467. The minimum atomic E-state index is 0.797. The second kappa shape index (κ2) is 3.97. The van der Waals surface area contributed by atoms with Crippen molar-refractivity contribution in [3.05, 3.63) is 36.0 Å². The Hall–Kier alpha value is -1.24. The summed E-state index contributed by atoms with van der Waals surface area (Å²) in [5.41, 5.74) is 3.08. The summed E-state index contributed by atoms with van der Waals surface area (Å²) >= 11 is 0. The van der Waals surface area contributed by atoms with E-state index in [1.807, 2.05) is 0 Å². The number of aromatic nitrogens is 1. The third-order valence-electron chi connectivity index (χ3n) is 3.88. The first-order chi connectivity index (χ1) is 7.90. The summed E-state index contributed by atoms with van der Waals surface area (Å²) in [6.07, 6.45) is 7.60. The van der Waals surface area contributed by atoms with Gasteiger partial charge in [-0.2, -0.15) is 0 Å². The smallest absolute Gasteiger partial charge is 0.0515 e. The van der Waals surface area contributed by atoms with Crippen molar-refractivity contribution < 1.29 is 0 Å². The van der Waals surface area contributed by atoms with Crippen LogP contribution in [0.3, 0.4) is 0 Å². The molecule has 0 amide bonds. The average Bonchev–Trinajstić information content (AvgIpc) is 2.74. The molecule has 0 bridgehead atoms. The maximum Gasteiger partial charge on any atom is 0.0515 e. The molecule has 2 heterocycles. The molecule has 1 aliphatic heterocycles. The van der Waals surface area contributed by atoms with Crippen molar-refractivity contribution in [1.82, 2.24) is 4.57 Å². The highest BCUT2D eigenvalue weighted by molar-refractivity contribution is 5.84. The van der Waals surface area contributed by atoms with Crippen molar-refractivity contribution in [3.8, 4) is 0 Å². The number of para-hydroxylation sites is 1. The summed E-state index contributed by atoms with van der Waals surface area (Å²) in [4.78, 5) is 0. The summed E-state index contributed by atoms with van der Waals surface area (Å²) in [7, 11) is 0. The number of benzene rings is 1. The standard InChI is InChI=1S/C15H19N/c1-2-3-5-12-8-10-16-11-9-13-6-4-7-14(12)15(13)16/h4,6-7,9,11-12H,2-3,5,8,10H2,1H3. The molecule has 1 unspecified atom stereocenters. The fourth-order valence-corrected chi connectivity index (χ4v) is 3.01. The molecular weight excluding hydrogens is 194 g/mol. The molecule has 0 fully saturated rings. The van der Waals surface area contributed by atoms with Gasteiger partial charge in [0, 0.05) is 12.7 Å². The van der Waals surface area contributed by atoms with Crippen LogP contribution in [-0.4, -0.2) is 4.57 Å². The van der Waals surface area contributed by atoms with E-state index in [1.165, 1.54) is 43.1 Å². The van der Waals surface area contributed by atoms with Gasteiger partial charge in [-0.1, -0.05) is 38.0 Å². The van der Waals surface area contributed by atoms with Crippen molar-refractivity contribution >= 4 is 10.9 Å². The number of aryl methyl sites for hydroxylation is 1. The summed E-state index contributed by atoms with van der Waals surface area (Å²) in [5, 5.41) is 1.42. The Balaban J connectivity index is 2.05. The van der Waals surface area contributed by atoms with Gasteiger partial charge in [-0.25, -0.2) is 0 Å². The minimum Gasteiger partial charge on any atom is -0.347 e. The Labute approximate surface area is 97.1 Å². The molecule has 0 spiro atoms. The van der Waals surface area contributed by atoms with Gasteiger partial charge in [0.05, 0.1) is 5.52 Å². The van der Waals surface area contributed by atoms with Gasteiger partial charge >= 0.3 is 0 Å². The normalized spacial score (nSPS) is 19.2. The van der Waals surface area contributed by atoms with Crippen LogP contribution in [-0.2, 0) is 6.54 Å². The van der Waals surface area contributed by atoms with Crippen LogP contribution in [0.1, 0.15) is 44.1 Å². The lowest BCUT2D eigenvalue weighted by molar-refractivity contribution is 0.489. The van der Waals surface area contributed by atoms with Crippen LogP contribution >= 0.6 is 0 Å². The molecule has 2 aromatic rings. The van der Waals surface area contributed by atoms with Crippen molar-refractivity contribution in [2.75, 3.05) is 0 Å². The Morgan fingerprint density at radius 2 is 2.25 bits per heavy atom. The van der Waals surface area contributed by atoms with E-state index in [-0.39, 0.29) is 0 Å². The van der Waals surface area contributed by atoms with E-state index in [0.29, 0.717) is 0 Å². The number of hydrogen-bond donors (Lipinski definition) is 0. The van der Waals surface area contributed by atoms with Crippen LogP contribution in [0.25, 0.3) is 10.9 Å². The van der Waals surface area contributed by atoms with Gasteiger partial charge in [0.2, 0.25) is 0 Å². The van der Waals surface area contributed by atoms with E-state index in [0.717, 1.165) is 5.92 Å². The highest BCUT2D eigenvalue weighted by Crippen LogP contribution is 2.36. The van der Waals surface area contributed by atoms with Crippen LogP contribution in [0.4, 0.5) is 0 Å². The summed E-state index contributed by atoms with van der Waals surface area (Å²) in [6, 6.07) is 9.03. The first kappa shape index (κ1) is 9.95. The number of unbranched alkanes of at least 4 members (excludes halogenated alkanes) is 1. The van der Waals surface area contributed by atoms with Gasteiger partial charge in [0.15, 0.2) is 0 Å². The average molecular weight is 213 g/mol. The SMILES string of the molecule is CCCCC1CCn2ccc3cccc1c32. The zero-order chi connectivity index (χ0) is 11.0. The van der Waals surface area contributed by atoms with E-state index >= 15 is 0 Å². The summed E-state index contributed by atoms with van der Waals surface area (Å²) in [6.45, 7) is 3.49. The molecule has 1 aromatic carbocycles. The van der Waals surface area contributed by atoms with Crippen LogP contribution in [0.5, 0.6) is 0 Å². The molecule has 1 heteroatoms. The zero-order valence-electron chi connectivity index (χ0n) is 9.95. The molecule has 3 rings (SSSR count). The third kappa shape index (κ3) is 1.46. The molecule has 0 saturated heterocycles. The second-order valence-corrected chi connectivity index (χ2v) is 4.92. The maximum atomic E-state index is 2.42. The topological polar surface area (TPSA) is 4.93 Å². The van der Waals surface area contributed by atoms with Crippen molar-refractivity contribution in [2.45, 2.75) is 45.1 Å². The summed E-state index contributed by atoms with van der Waals surface area (Å²) in [5.74, 6) is 0.797. The first-order valence-electron chi connectivity index (χ1n) is 6.48. The molecule has 1 aliphatic rings. The van der Waals surface area contributed by atoms with Gasteiger partial charge < -0.3 is 4.57 Å². The molecule has 0 N–H and O–H groups in total. The first-order valence-corrected chi connectivity index (χ1v) is 6.48. The van der Waals surface area contributed by atoms with Crippen molar-refractivity contribution in [1.29, 1.82) is 0 Å². The van der Waals surface area contributed by atoms with Crippen molar-refractivity contribution in [3.63, 3.8) is 0 Å². The lowest BCUT2D eigenvalue weighted by atomic mass is 9.87. The number of rotatable bonds is 3. The van der Waals surface area contributed by atoms with Crippen LogP contribution in [0.15, 0.2) is 30.5 Å². The quantitative estimate of drug-likeness (QED) is 0.715. The number of nitrogens with zero attached hydrogens (tertiary/aromatic N) is 1. The van der Waals surface area contributed by atoms with Gasteiger partial charge in [0.25, 0.3) is 0 Å². The van der Waals surface area contributed by atoms with Crippen LogP contribution in [0.2, 0.25) is 0 Å². The highest BCUT2D eigenvalue weighted by Gasteiger charge is 2.20. The molecule has 1 aromatic heterocycles. The predicted octanol–water partition coefficient (Wildman–Crippen LogP) is 4.32. The van der Waals surface area contributed by atoms with Crippen molar-refractivity contribution in [2.24, 2.45) is 0 Å². The number of hydrogen-bond acceptors (Lipinski definition) is 0. The van der Waals surface area contributed by atoms with E-state index in [9.17, 15) is 0 Å². The lowest BCUT2D eigenvalue weighted by Gasteiger charge is -2.25. The lowest BCUT2D eigenvalue weighted by Crippen LogP contribution is -2.12. The molecule has 0 aliphatic carbocycles. The third-order valence-corrected chi connectivity index (χ3v) is 3.88. The van der Waals surface area contributed by atoms with E-state index in [4.69, 9.17) is 0 Å². The van der Waals surface area contributed by atoms with Gasteiger partial charge in [-0.15, -0.1) is 0 Å². The fourth-order valence-electron chi connectivity index (χ4n) is 3.01. The molecule has 0 radical (unpaired) electrons. The maximum absolute atomic E-state index is 2.42. The predicted molar refractivity (Wildman–Crippen MR) is 68.8 cm³/mol. The second-order valence-electron chi connectivity index (χ2n) is 4.92. The summed E-state index contributed by atoms with van der Waals surface area (Å²) < 4.78 is 2.42. The molecule has 1 nitrogen and oxygen atoms in total. The van der Waals surface area contributed by atoms with E-state index in [2.05, 4.69) is 42.0 Å². The largest absolute Gasteiger partial charge is 0.347 e. The Morgan fingerprint density at radius 1 is 1.31 bits per heavy atom. The van der Waals surface area contributed by atoms with E-state index < -0.39 is 0 Å². The molecule has 84 valence electrons. The van der Waals surface area contributed by atoms with Crippen LogP contribution in [0, 0.1) is 0 Å². The zero-order valence-corrected chi connectivity index (χ0v) is 9.95. The highest BCUT2D eigenvalue weighted by atomic mass is 15.0. The Bertz CT molecular complexity index is 495.